The standard InChI is InChI=1S/C29H39N5O2/c1-7-9-18-33(28(36)30-24-13-11-10-12-22(24)8-2)20-27(35)31-26-19-25(29(4,5)6)32-34(26)23-16-14-21(3)15-17-23/h10-17,19H,7-9,18,20H2,1-6H3,(H,30,36)(H,31,35). The molecule has 2 aromatic carbocycles. The topological polar surface area (TPSA) is 79.3 Å². The van der Waals surface area contributed by atoms with Gasteiger partial charge in [0, 0.05) is 23.7 Å². The Morgan fingerprint density at radius 3 is 2.33 bits per heavy atom. The number of carbonyl (C=O) groups is 2. The first-order valence-corrected chi connectivity index (χ1v) is 12.7. The van der Waals surface area contributed by atoms with E-state index in [-0.39, 0.29) is 23.9 Å². The molecule has 0 aliphatic rings. The van der Waals surface area contributed by atoms with Gasteiger partial charge >= 0.3 is 6.03 Å². The van der Waals surface area contributed by atoms with E-state index in [0.717, 1.165) is 47.5 Å². The molecular formula is C29H39N5O2. The van der Waals surface area contributed by atoms with Crippen LogP contribution in [0.4, 0.5) is 16.3 Å². The Bertz CT molecular complexity index is 1180. The van der Waals surface area contributed by atoms with Crippen LogP contribution < -0.4 is 10.6 Å². The van der Waals surface area contributed by atoms with Gasteiger partial charge in [-0.25, -0.2) is 9.48 Å². The highest BCUT2D eigenvalue weighted by Gasteiger charge is 2.23. The van der Waals surface area contributed by atoms with Crippen LogP contribution in [0.5, 0.6) is 0 Å². The van der Waals surface area contributed by atoms with Crippen molar-refractivity contribution in [2.75, 3.05) is 23.7 Å². The van der Waals surface area contributed by atoms with E-state index < -0.39 is 0 Å². The predicted molar refractivity (Wildman–Crippen MR) is 147 cm³/mol. The third kappa shape index (κ3) is 6.97. The minimum atomic E-state index is -0.276. The second-order valence-electron chi connectivity index (χ2n) is 10.2. The maximum absolute atomic E-state index is 13.2. The number of hydrogen-bond acceptors (Lipinski definition) is 3. The number of carbonyl (C=O) groups excluding carboxylic acids is 2. The van der Waals surface area contributed by atoms with Crippen LogP contribution in [0.2, 0.25) is 0 Å². The lowest BCUT2D eigenvalue weighted by atomic mass is 9.92. The second kappa shape index (κ2) is 11.9. The first-order chi connectivity index (χ1) is 17.1. The molecule has 36 heavy (non-hydrogen) atoms. The van der Waals surface area contributed by atoms with E-state index in [9.17, 15) is 9.59 Å². The average Bonchev–Trinajstić information content (AvgIpc) is 3.26. The van der Waals surface area contributed by atoms with E-state index in [1.54, 1.807) is 9.58 Å². The molecular weight excluding hydrogens is 450 g/mol. The molecule has 1 aromatic heterocycles. The van der Waals surface area contributed by atoms with E-state index in [0.29, 0.717) is 12.4 Å². The van der Waals surface area contributed by atoms with Crippen molar-refractivity contribution in [1.82, 2.24) is 14.7 Å². The van der Waals surface area contributed by atoms with Crippen LogP contribution in [0.25, 0.3) is 5.69 Å². The largest absolute Gasteiger partial charge is 0.322 e. The van der Waals surface area contributed by atoms with Gasteiger partial charge in [0.1, 0.15) is 12.4 Å². The van der Waals surface area contributed by atoms with Crippen LogP contribution in [0.1, 0.15) is 64.3 Å². The highest BCUT2D eigenvalue weighted by Crippen LogP contribution is 2.26. The van der Waals surface area contributed by atoms with Gasteiger partial charge < -0.3 is 15.5 Å². The maximum Gasteiger partial charge on any atom is 0.322 e. The van der Waals surface area contributed by atoms with Gasteiger partial charge in [0.15, 0.2) is 0 Å². The van der Waals surface area contributed by atoms with E-state index in [1.807, 2.05) is 61.5 Å². The van der Waals surface area contributed by atoms with Gasteiger partial charge in [0.25, 0.3) is 0 Å². The lowest BCUT2D eigenvalue weighted by molar-refractivity contribution is -0.116. The first kappa shape index (κ1) is 27.0. The molecule has 0 saturated heterocycles. The van der Waals surface area contributed by atoms with E-state index >= 15 is 0 Å². The lowest BCUT2D eigenvalue weighted by Crippen LogP contribution is -2.41. The summed E-state index contributed by atoms with van der Waals surface area (Å²) in [7, 11) is 0. The molecule has 0 unspecified atom stereocenters. The van der Waals surface area contributed by atoms with Gasteiger partial charge in [-0.3, -0.25) is 4.79 Å². The summed E-state index contributed by atoms with van der Waals surface area (Å²) in [5.74, 6) is 0.319. The molecule has 0 fully saturated rings. The van der Waals surface area contributed by atoms with Gasteiger partial charge in [-0.2, -0.15) is 5.10 Å². The minimum absolute atomic E-state index is 0.0515. The summed E-state index contributed by atoms with van der Waals surface area (Å²) >= 11 is 0. The van der Waals surface area contributed by atoms with Crippen molar-refractivity contribution in [3.05, 3.63) is 71.4 Å². The summed E-state index contributed by atoms with van der Waals surface area (Å²) in [6.45, 7) is 12.9. The summed E-state index contributed by atoms with van der Waals surface area (Å²) in [5.41, 5.74) is 4.53. The van der Waals surface area contributed by atoms with Crippen molar-refractivity contribution >= 4 is 23.4 Å². The van der Waals surface area contributed by atoms with Crippen LogP contribution in [-0.2, 0) is 16.6 Å². The van der Waals surface area contributed by atoms with Crippen molar-refractivity contribution in [2.45, 2.75) is 66.2 Å². The zero-order valence-corrected chi connectivity index (χ0v) is 22.4. The van der Waals surface area contributed by atoms with E-state index in [2.05, 4.69) is 45.3 Å². The van der Waals surface area contributed by atoms with Crippen molar-refractivity contribution < 1.29 is 9.59 Å². The van der Waals surface area contributed by atoms with Crippen LogP contribution in [0.3, 0.4) is 0 Å². The number of para-hydroxylation sites is 1. The number of hydrogen-bond donors (Lipinski definition) is 2. The number of amides is 3. The zero-order chi connectivity index (χ0) is 26.3. The van der Waals surface area contributed by atoms with Crippen LogP contribution >= 0.6 is 0 Å². The molecule has 0 spiro atoms. The molecule has 0 atom stereocenters. The molecule has 3 aromatic rings. The van der Waals surface area contributed by atoms with E-state index in [1.165, 1.54) is 0 Å². The third-order valence-corrected chi connectivity index (χ3v) is 6.07. The lowest BCUT2D eigenvalue weighted by Gasteiger charge is -2.23. The quantitative estimate of drug-likeness (QED) is 0.369. The van der Waals surface area contributed by atoms with Crippen molar-refractivity contribution in [3.63, 3.8) is 0 Å². The Balaban J connectivity index is 1.81. The monoisotopic (exact) mass is 489 g/mol. The molecule has 7 heteroatoms. The van der Waals surface area contributed by atoms with Gasteiger partial charge in [0.2, 0.25) is 5.91 Å². The first-order valence-electron chi connectivity index (χ1n) is 12.7. The number of rotatable bonds is 9. The number of aromatic nitrogens is 2. The number of unbranched alkanes of at least 4 members (excludes halogenated alkanes) is 1. The number of benzene rings is 2. The van der Waals surface area contributed by atoms with Crippen molar-refractivity contribution in [1.29, 1.82) is 0 Å². The maximum atomic E-state index is 13.2. The molecule has 0 aliphatic carbocycles. The Kier molecular flexibility index (Phi) is 8.91. The smallest absolute Gasteiger partial charge is 0.315 e. The molecule has 0 bridgehead atoms. The highest BCUT2D eigenvalue weighted by atomic mass is 16.2. The molecule has 0 aliphatic heterocycles. The number of urea groups is 1. The summed E-state index contributed by atoms with van der Waals surface area (Å²) in [6.07, 6.45) is 2.54. The molecule has 2 N–H and O–H groups in total. The van der Waals surface area contributed by atoms with Crippen LogP contribution in [0, 0.1) is 6.92 Å². The van der Waals surface area contributed by atoms with Crippen LogP contribution in [0.15, 0.2) is 54.6 Å². The Morgan fingerprint density at radius 2 is 1.69 bits per heavy atom. The Labute approximate surface area is 214 Å². The summed E-state index contributed by atoms with van der Waals surface area (Å²) < 4.78 is 1.76. The molecule has 192 valence electrons. The number of anilines is 2. The third-order valence-electron chi connectivity index (χ3n) is 6.07. The van der Waals surface area contributed by atoms with Crippen molar-refractivity contribution in [2.24, 2.45) is 0 Å². The summed E-state index contributed by atoms with van der Waals surface area (Å²) in [4.78, 5) is 27.9. The number of nitrogens with one attached hydrogen (secondary N) is 2. The summed E-state index contributed by atoms with van der Waals surface area (Å²) in [5, 5.41) is 10.8. The number of nitrogens with zero attached hydrogens (tertiary/aromatic N) is 3. The molecule has 3 rings (SSSR count). The minimum Gasteiger partial charge on any atom is -0.315 e. The predicted octanol–water partition coefficient (Wildman–Crippen LogP) is 6.31. The fraction of sp³-hybridized carbons (Fsp3) is 0.414. The fourth-order valence-electron chi connectivity index (χ4n) is 3.82. The highest BCUT2D eigenvalue weighted by molar-refractivity contribution is 5.97. The van der Waals surface area contributed by atoms with Gasteiger partial charge in [0.05, 0.1) is 11.4 Å². The molecule has 0 saturated carbocycles. The SMILES string of the molecule is CCCCN(CC(=O)Nc1cc(C(C)(C)C)nn1-c1ccc(C)cc1)C(=O)Nc1ccccc1CC. The van der Waals surface area contributed by atoms with Gasteiger partial charge in [-0.05, 0) is 43.5 Å². The summed E-state index contributed by atoms with van der Waals surface area (Å²) in [6, 6.07) is 17.4. The zero-order valence-electron chi connectivity index (χ0n) is 22.4. The van der Waals surface area contributed by atoms with Crippen LogP contribution in [-0.4, -0.2) is 39.7 Å². The molecule has 1 heterocycles. The molecule has 0 radical (unpaired) electrons. The fourth-order valence-corrected chi connectivity index (χ4v) is 3.82. The number of aryl methyl sites for hydroxylation is 2. The normalized spacial score (nSPS) is 11.3. The van der Waals surface area contributed by atoms with Gasteiger partial charge in [-0.15, -0.1) is 0 Å². The molecule has 7 nitrogen and oxygen atoms in total. The van der Waals surface area contributed by atoms with E-state index in [4.69, 9.17) is 5.10 Å². The van der Waals surface area contributed by atoms with Gasteiger partial charge in [-0.1, -0.05) is 76.9 Å². The second-order valence-corrected chi connectivity index (χ2v) is 10.2. The molecule has 3 amide bonds. The Hall–Kier alpha value is -3.61. The Morgan fingerprint density at radius 1 is 1.00 bits per heavy atom. The van der Waals surface area contributed by atoms with Crippen molar-refractivity contribution in [3.8, 4) is 5.69 Å². The average molecular weight is 490 g/mol.